The first-order valence-electron chi connectivity index (χ1n) is 8.71. The average Bonchev–Trinajstić information content (AvgIpc) is 3.02. The second kappa shape index (κ2) is 7.65. The lowest BCUT2D eigenvalue weighted by Gasteiger charge is -2.35. The van der Waals surface area contributed by atoms with E-state index in [1.165, 1.54) is 6.92 Å². The number of nitrogens with zero attached hydrogens (tertiary/aromatic N) is 2. The minimum absolute atomic E-state index is 0.0250. The molecule has 3 rings (SSSR count). The molecule has 7 heteroatoms. The van der Waals surface area contributed by atoms with Gasteiger partial charge in [0.2, 0.25) is 5.91 Å². The van der Waals surface area contributed by atoms with E-state index in [1.54, 1.807) is 24.3 Å². The molecule has 2 N–H and O–H groups in total. The Hall–Kier alpha value is -2.41. The normalized spacial score (nSPS) is 18.9. The van der Waals surface area contributed by atoms with Crippen LogP contribution in [0, 0.1) is 0 Å². The van der Waals surface area contributed by atoms with Crippen molar-refractivity contribution < 1.29 is 14.4 Å². The number of anilines is 1. The number of nitrogens with one attached hydrogen (secondary N) is 2. The fourth-order valence-corrected chi connectivity index (χ4v) is 3.52. The summed E-state index contributed by atoms with van der Waals surface area (Å²) in [4.78, 5) is 39.7. The molecule has 1 aromatic carbocycles. The largest absolute Gasteiger partial charge is 0.336 e. The Morgan fingerprint density at radius 3 is 2.56 bits per heavy atom. The van der Waals surface area contributed by atoms with Crippen molar-refractivity contribution in [2.45, 2.75) is 25.8 Å². The molecule has 2 aliphatic heterocycles. The zero-order valence-electron chi connectivity index (χ0n) is 14.5. The van der Waals surface area contributed by atoms with Crippen molar-refractivity contribution in [3.63, 3.8) is 0 Å². The number of hydrogen-bond acceptors (Lipinski definition) is 4. The van der Waals surface area contributed by atoms with Gasteiger partial charge in [0.1, 0.15) is 0 Å². The molecule has 1 aromatic rings. The number of benzene rings is 1. The maximum absolute atomic E-state index is 12.3. The van der Waals surface area contributed by atoms with Crippen LogP contribution in [0.15, 0.2) is 24.3 Å². The highest BCUT2D eigenvalue weighted by molar-refractivity contribution is 6.04. The van der Waals surface area contributed by atoms with Crippen molar-refractivity contribution in [2.24, 2.45) is 0 Å². The fourth-order valence-electron chi connectivity index (χ4n) is 3.52. The van der Waals surface area contributed by atoms with E-state index in [1.807, 2.05) is 4.90 Å². The molecule has 7 nitrogen and oxygen atoms in total. The summed E-state index contributed by atoms with van der Waals surface area (Å²) in [6.45, 7) is 4.85. The number of Topliss-reactive ketones (excluding diaryl/α,β-unsaturated/α-hetero) is 1. The lowest BCUT2D eigenvalue weighted by atomic mass is 10.0. The van der Waals surface area contributed by atoms with Crippen LogP contribution in [0.2, 0.25) is 0 Å². The van der Waals surface area contributed by atoms with Gasteiger partial charge in [-0.15, -0.1) is 0 Å². The van der Waals surface area contributed by atoms with Crippen molar-refractivity contribution in [3.05, 3.63) is 29.8 Å². The molecule has 0 radical (unpaired) electrons. The quantitative estimate of drug-likeness (QED) is 0.789. The smallest absolute Gasteiger partial charge is 0.317 e. The Kier molecular flexibility index (Phi) is 5.33. The fraction of sp³-hybridized carbons (Fsp3) is 0.500. The summed E-state index contributed by atoms with van der Waals surface area (Å²) < 4.78 is 0. The van der Waals surface area contributed by atoms with E-state index in [0.717, 1.165) is 39.0 Å². The molecule has 0 atom stereocenters. The Bertz CT molecular complexity index is 668. The van der Waals surface area contributed by atoms with Gasteiger partial charge in [-0.3, -0.25) is 14.5 Å². The lowest BCUT2D eigenvalue weighted by molar-refractivity contribution is -0.117. The van der Waals surface area contributed by atoms with Crippen molar-refractivity contribution in [1.82, 2.24) is 15.1 Å². The summed E-state index contributed by atoms with van der Waals surface area (Å²) in [6, 6.07) is 7.33. The summed E-state index contributed by atoms with van der Waals surface area (Å²) in [6.07, 6.45) is 1.76. The zero-order chi connectivity index (χ0) is 17.8. The Balaban J connectivity index is 1.50. The molecule has 2 fully saturated rings. The molecular weight excluding hydrogens is 320 g/mol. The Morgan fingerprint density at radius 2 is 1.92 bits per heavy atom. The van der Waals surface area contributed by atoms with Crippen LogP contribution < -0.4 is 10.6 Å². The monoisotopic (exact) mass is 344 g/mol. The highest BCUT2D eigenvalue weighted by Crippen LogP contribution is 2.19. The van der Waals surface area contributed by atoms with Crippen molar-refractivity contribution in [2.75, 3.05) is 38.0 Å². The van der Waals surface area contributed by atoms with Crippen LogP contribution in [0.25, 0.3) is 0 Å². The second-order valence-electron chi connectivity index (χ2n) is 6.58. The number of rotatable bonds is 5. The van der Waals surface area contributed by atoms with Crippen LogP contribution in [0.5, 0.6) is 0 Å². The predicted octanol–water partition coefficient (Wildman–Crippen LogP) is 1.32. The minimum atomic E-state index is -0.119. The first kappa shape index (κ1) is 17.4. The molecule has 0 aliphatic carbocycles. The molecule has 0 bridgehead atoms. The first-order chi connectivity index (χ1) is 12.0. The molecule has 0 saturated carbocycles. The van der Waals surface area contributed by atoms with Crippen molar-refractivity contribution in [3.8, 4) is 0 Å². The molecule has 25 heavy (non-hydrogen) atoms. The topological polar surface area (TPSA) is 81.8 Å². The van der Waals surface area contributed by atoms with Gasteiger partial charge in [-0.1, -0.05) is 12.1 Å². The molecule has 2 saturated heterocycles. The van der Waals surface area contributed by atoms with E-state index in [0.29, 0.717) is 17.8 Å². The average molecular weight is 344 g/mol. The summed E-state index contributed by atoms with van der Waals surface area (Å²) >= 11 is 0. The van der Waals surface area contributed by atoms with Crippen LogP contribution in [-0.4, -0.2) is 66.3 Å². The molecule has 2 heterocycles. The number of para-hydroxylation sites is 1. The molecule has 2 aliphatic rings. The molecule has 3 amide bonds. The summed E-state index contributed by atoms with van der Waals surface area (Å²) in [5.74, 6) is -0.188. The van der Waals surface area contributed by atoms with E-state index < -0.39 is 0 Å². The van der Waals surface area contributed by atoms with Crippen molar-refractivity contribution >= 4 is 23.4 Å². The van der Waals surface area contributed by atoms with E-state index >= 15 is 0 Å². The van der Waals surface area contributed by atoms with Gasteiger partial charge < -0.3 is 15.5 Å². The van der Waals surface area contributed by atoms with E-state index in [9.17, 15) is 14.4 Å². The third-order valence-electron chi connectivity index (χ3n) is 4.84. The Morgan fingerprint density at radius 1 is 1.20 bits per heavy atom. The minimum Gasteiger partial charge on any atom is -0.336 e. The summed E-state index contributed by atoms with van der Waals surface area (Å²) in [5, 5.41) is 5.67. The number of carbonyl (C=O) groups is 3. The van der Waals surface area contributed by atoms with Gasteiger partial charge in [-0.25, -0.2) is 4.79 Å². The van der Waals surface area contributed by atoms with E-state index in [2.05, 4.69) is 15.5 Å². The number of carbonyl (C=O) groups excluding carboxylic acids is 3. The number of amides is 3. The number of piperidine rings is 1. The maximum Gasteiger partial charge on any atom is 0.317 e. The van der Waals surface area contributed by atoms with Gasteiger partial charge in [-0.2, -0.15) is 0 Å². The van der Waals surface area contributed by atoms with Crippen LogP contribution in [0.1, 0.15) is 30.1 Å². The third kappa shape index (κ3) is 4.17. The van der Waals surface area contributed by atoms with Gasteiger partial charge in [0.15, 0.2) is 5.78 Å². The molecule has 134 valence electrons. The predicted molar refractivity (Wildman–Crippen MR) is 94.6 cm³/mol. The number of likely N-dealkylation sites (tertiary alicyclic amines) is 1. The Labute approximate surface area is 147 Å². The highest BCUT2D eigenvalue weighted by atomic mass is 16.2. The molecular formula is C18H24N4O3. The van der Waals surface area contributed by atoms with Gasteiger partial charge >= 0.3 is 6.03 Å². The molecule has 0 unspecified atom stereocenters. The highest BCUT2D eigenvalue weighted by Gasteiger charge is 2.31. The van der Waals surface area contributed by atoms with Gasteiger partial charge in [0.25, 0.3) is 0 Å². The van der Waals surface area contributed by atoms with Crippen LogP contribution >= 0.6 is 0 Å². The van der Waals surface area contributed by atoms with Gasteiger partial charge in [0, 0.05) is 37.8 Å². The summed E-state index contributed by atoms with van der Waals surface area (Å²) in [7, 11) is 0. The molecule has 0 aromatic heterocycles. The molecule has 0 spiro atoms. The SMILES string of the molecule is CC(=O)c1ccccc1NC(=O)CN1CCC(N2CCNC2=O)CC1. The van der Waals surface area contributed by atoms with Crippen LogP contribution in [0.4, 0.5) is 10.5 Å². The lowest BCUT2D eigenvalue weighted by Crippen LogP contribution is -2.47. The van der Waals surface area contributed by atoms with E-state index in [4.69, 9.17) is 0 Å². The first-order valence-corrected chi connectivity index (χ1v) is 8.71. The second-order valence-corrected chi connectivity index (χ2v) is 6.58. The van der Waals surface area contributed by atoms with Crippen molar-refractivity contribution in [1.29, 1.82) is 0 Å². The van der Waals surface area contributed by atoms with Crippen LogP contribution in [0.3, 0.4) is 0 Å². The van der Waals surface area contributed by atoms with Gasteiger partial charge in [0.05, 0.1) is 12.2 Å². The standard InChI is InChI=1S/C18H24N4O3/c1-13(23)15-4-2-3-5-16(15)20-17(24)12-21-9-6-14(7-10-21)22-11-8-19-18(22)25/h2-5,14H,6-12H2,1H3,(H,19,25)(H,20,24). The third-order valence-corrected chi connectivity index (χ3v) is 4.84. The van der Waals surface area contributed by atoms with E-state index in [-0.39, 0.29) is 23.8 Å². The number of ketones is 1. The zero-order valence-corrected chi connectivity index (χ0v) is 14.5. The number of urea groups is 1. The maximum atomic E-state index is 12.3. The summed E-state index contributed by atoms with van der Waals surface area (Å²) in [5.41, 5.74) is 1.08. The van der Waals surface area contributed by atoms with Crippen LogP contribution in [-0.2, 0) is 4.79 Å². The number of hydrogen-bond donors (Lipinski definition) is 2. The van der Waals surface area contributed by atoms with Gasteiger partial charge in [-0.05, 0) is 31.9 Å².